The Hall–Kier alpha value is -2.52. The van der Waals surface area contributed by atoms with E-state index in [-0.39, 0.29) is 18.0 Å². The fraction of sp³-hybridized carbons (Fsp3) is 0.333. The molecule has 1 amide bonds. The number of carbonyl (C=O) groups excluding carboxylic acids is 1. The lowest BCUT2D eigenvalue weighted by Gasteiger charge is -2.10. The molecule has 2 aromatic heterocycles. The molecule has 0 radical (unpaired) electrons. The van der Waals surface area contributed by atoms with Gasteiger partial charge in [-0.25, -0.2) is 9.97 Å². The Labute approximate surface area is 143 Å². The lowest BCUT2D eigenvalue weighted by Crippen LogP contribution is -2.33. The highest BCUT2D eigenvalue weighted by Gasteiger charge is 2.23. The van der Waals surface area contributed by atoms with Crippen LogP contribution in [0.3, 0.4) is 0 Å². The van der Waals surface area contributed by atoms with E-state index in [1.54, 1.807) is 0 Å². The van der Waals surface area contributed by atoms with E-state index in [9.17, 15) is 4.79 Å². The van der Waals surface area contributed by atoms with Crippen molar-refractivity contribution in [3.63, 3.8) is 0 Å². The van der Waals surface area contributed by atoms with Crippen LogP contribution in [0.2, 0.25) is 0 Å². The molecule has 3 heterocycles. The molecule has 9 heteroatoms. The van der Waals surface area contributed by atoms with Crippen molar-refractivity contribution >= 4 is 28.3 Å². The van der Waals surface area contributed by atoms with Gasteiger partial charge in [0.1, 0.15) is 11.8 Å². The highest BCUT2D eigenvalue weighted by atomic mass is 32.1. The minimum Gasteiger partial charge on any atom is -0.370 e. The van der Waals surface area contributed by atoms with E-state index in [0.717, 1.165) is 18.5 Å². The predicted octanol–water partition coefficient (Wildman–Crippen LogP) is 0.905. The summed E-state index contributed by atoms with van der Waals surface area (Å²) < 4.78 is 5.36. The summed E-state index contributed by atoms with van der Waals surface area (Å²) in [7, 11) is 0. The number of carbonyl (C=O) groups is 1. The Bertz CT molecular complexity index is 750. The van der Waals surface area contributed by atoms with Crippen LogP contribution >= 0.6 is 11.3 Å². The normalized spacial score (nSPS) is 16.8. The van der Waals surface area contributed by atoms with Crippen molar-refractivity contribution in [2.45, 2.75) is 25.5 Å². The second-order valence-corrected chi connectivity index (χ2v) is 6.12. The number of hydrogen-bond donors (Lipinski definition) is 3. The molecule has 0 aliphatic carbocycles. The first-order valence-corrected chi connectivity index (χ1v) is 8.40. The molecule has 0 spiro atoms. The second-order valence-electron chi connectivity index (χ2n) is 5.29. The number of nitrogens with one attached hydrogen (secondary N) is 1. The first-order chi connectivity index (χ1) is 11.6. The number of hydrogen-bond acceptors (Lipinski definition) is 6. The average molecular weight is 346 g/mol. The molecule has 1 aliphatic rings. The number of nitrogens with two attached hydrogens (primary N) is 2. The van der Waals surface area contributed by atoms with Crippen molar-refractivity contribution in [3.8, 4) is 11.4 Å². The zero-order chi connectivity index (χ0) is 16.9. The number of guanidine groups is 1. The molecule has 126 valence electrons. The summed E-state index contributed by atoms with van der Waals surface area (Å²) in [6, 6.07) is 5.57. The average Bonchev–Trinajstić information content (AvgIpc) is 3.24. The van der Waals surface area contributed by atoms with Gasteiger partial charge in [-0.15, -0.1) is 11.3 Å². The number of rotatable bonds is 5. The van der Waals surface area contributed by atoms with Crippen LogP contribution in [0, 0.1) is 0 Å². The van der Waals surface area contributed by atoms with Gasteiger partial charge in [0.15, 0.2) is 5.96 Å². The van der Waals surface area contributed by atoms with Crippen molar-refractivity contribution in [3.05, 3.63) is 29.3 Å². The van der Waals surface area contributed by atoms with Gasteiger partial charge < -0.3 is 21.5 Å². The fourth-order valence-electron chi connectivity index (χ4n) is 2.34. The van der Waals surface area contributed by atoms with Crippen molar-refractivity contribution in [1.82, 2.24) is 15.3 Å². The molecule has 3 rings (SSSR count). The predicted molar refractivity (Wildman–Crippen MR) is 91.6 cm³/mol. The maximum Gasteiger partial charge on any atom is 0.249 e. The van der Waals surface area contributed by atoms with Gasteiger partial charge in [0.05, 0.1) is 17.9 Å². The standard InChI is InChI=1S/C15H18N6O2S/c16-14(17)21-15-20-11(8-24-15)10-4-1-3-9(19-10)7-18-13(22)12-5-2-6-23-12/h1,3-4,8,12H,2,5-7H2,(H,18,22)(H4,16,17,20,21). The molecule has 5 N–H and O–H groups in total. The van der Waals surface area contributed by atoms with E-state index in [0.29, 0.717) is 29.7 Å². The maximum atomic E-state index is 12.0. The molecule has 1 fully saturated rings. The smallest absolute Gasteiger partial charge is 0.249 e. The zero-order valence-electron chi connectivity index (χ0n) is 12.9. The van der Waals surface area contributed by atoms with E-state index in [2.05, 4.69) is 20.3 Å². The molecule has 1 atom stereocenters. The van der Waals surface area contributed by atoms with E-state index in [4.69, 9.17) is 16.2 Å². The van der Waals surface area contributed by atoms with Gasteiger partial charge in [0.25, 0.3) is 0 Å². The summed E-state index contributed by atoms with van der Waals surface area (Å²) >= 11 is 1.33. The Kier molecular flexibility index (Phi) is 5.02. The number of aliphatic imine (C=N–C) groups is 1. The molecule has 24 heavy (non-hydrogen) atoms. The van der Waals surface area contributed by atoms with Gasteiger partial charge in [-0.3, -0.25) is 4.79 Å². The van der Waals surface area contributed by atoms with Gasteiger partial charge in [0.2, 0.25) is 11.0 Å². The largest absolute Gasteiger partial charge is 0.370 e. The lowest BCUT2D eigenvalue weighted by molar-refractivity contribution is -0.130. The molecule has 0 aromatic carbocycles. The molecule has 2 aromatic rings. The summed E-state index contributed by atoms with van der Waals surface area (Å²) in [6.45, 7) is 0.991. The summed E-state index contributed by atoms with van der Waals surface area (Å²) in [4.78, 5) is 24.7. The first-order valence-electron chi connectivity index (χ1n) is 7.52. The number of nitrogens with zero attached hydrogens (tertiary/aromatic N) is 3. The number of aromatic nitrogens is 2. The number of pyridine rings is 1. The van der Waals surface area contributed by atoms with Gasteiger partial charge in [0, 0.05) is 12.0 Å². The van der Waals surface area contributed by atoms with Gasteiger partial charge in [-0.05, 0) is 25.0 Å². The Morgan fingerprint density at radius 2 is 2.25 bits per heavy atom. The van der Waals surface area contributed by atoms with Crippen LogP contribution in [0.15, 0.2) is 28.6 Å². The molecule has 8 nitrogen and oxygen atoms in total. The third-order valence-electron chi connectivity index (χ3n) is 3.45. The third kappa shape index (κ3) is 4.06. The van der Waals surface area contributed by atoms with Crippen LogP contribution in [-0.4, -0.2) is 34.5 Å². The maximum absolute atomic E-state index is 12.0. The minimum absolute atomic E-state index is 0.0329. The Morgan fingerprint density at radius 1 is 1.38 bits per heavy atom. The van der Waals surface area contributed by atoms with Crippen LogP contribution in [0.25, 0.3) is 11.4 Å². The fourth-order valence-corrected chi connectivity index (χ4v) is 3.04. The van der Waals surface area contributed by atoms with E-state index in [1.807, 2.05) is 23.6 Å². The molecule has 0 saturated carbocycles. The molecule has 1 aliphatic heterocycles. The summed E-state index contributed by atoms with van der Waals surface area (Å²) in [5.74, 6) is -0.127. The van der Waals surface area contributed by atoms with Gasteiger partial charge >= 0.3 is 0 Å². The monoisotopic (exact) mass is 346 g/mol. The molecule has 0 bridgehead atoms. The highest BCUT2D eigenvalue weighted by molar-refractivity contribution is 7.13. The number of amides is 1. The first kappa shape index (κ1) is 16.3. The SMILES string of the molecule is NC(N)=Nc1nc(-c2cccc(CNC(=O)C3CCCO3)n2)cs1. The van der Waals surface area contributed by atoms with E-state index in [1.165, 1.54) is 11.3 Å². The van der Waals surface area contributed by atoms with Crippen LogP contribution < -0.4 is 16.8 Å². The third-order valence-corrected chi connectivity index (χ3v) is 4.19. The van der Waals surface area contributed by atoms with Crippen molar-refractivity contribution in [2.75, 3.05) is 6.61 Å². The van der Waals surface area contributed by atoms with E-state index >= 15 is 0 Å². The Morgan fingerprint density at radius 3 is 3.00 bits per heavy atom. The zero-order valence-corrected chi connectivity index (χ0v) is 13.8. The molecule has 1 saturated heterocycles. The summed E-state index contributed by atoms with van der Waals surface area (Å²) in [5.41, 5.74) is 12.8. The summed E-state index contributed by atoms with van der Waals surface area (Å²) in [6.07, 6.45) is 1.35. The minimum atomic E-state index is -0.339. The van der Waals surface area contributed by atoms with Crippen molar-refractivity contribution in [2.24, 2.45) is 16.5 Å². The summed E-state index contributed by atoms with van der Waals surface area (Å²) in [5, 5.41) is 5.16. The van der Waals surface area contributed by atoms with Crippen LogP contribution in [0.4, 0.5) is 5.13 Å². The Balaban J connectivity index is 1.66. The van der Waals surface area contributed by atoms with Gasteiger partial charge in [-0.1, -0.05) is 6.07 Å². The van der Waals surface area contributed by atoms with Crippen LogP contribution in [0.1, 0.15) is 18.5 Å². The molecular formula is C15H18N6O2S. The highest BCUT2D eigenvalue weighted by Crippen LogP contribution is 2.25. The second kappa shape index (κ2) is 7.37. The van der Waals surface area contributed by atoms with Crippen LogP contribution in [-0.2, 0) is 16.1 Å². The molecular weight excluding hydrogens is 328 g/mol. The van der Waals surface area contributed by atoms with Gasteiger partial charge in [-0.2, -0.15) is 4.99 Å². The van der Waals surface area contributed by atoms with Crippen LogP contribution in [0.5, 0.6) is 0 Å². The topological polar surface area (TPSA) is 129 Å². The van der Waals surface area contributed by atoms with E-state index < -0.39 is 0 Å². The van der Waals surface area contributed by atoms with Crippen molar-refractivity contribution in [1.29, 1.82) is 0 Å². The van der Waals surface area contributed by atoms with Crippen molar-refractivity contribution < 1.29 is 9.53 Å². The quantitative estimate of drug-likeness (QED) is 0.545. The number of ether oxygens (including phenoxy) is 1. The number of thiazole rings is 1. The molecule has 1 unspecified atom stereocenters. The lowest BCUT2D eigenvalue weighted by atomic mass is 10.2.